The van der Waals surface area contributed by atoms with Gasteiger partial charge in [0.1, 0.15) is 5.82 Å². The molecule has 0 fully saturated rings. The summed E-state index contributed by atoms with van der Waals surface area (Å²) in [5.41, 5.74) is 1.17. The van der Waals surface area contributed by atoms with Gasteiger partial charge in [-0.2, -0.15) is 0 Å². The molecule has 1 N–H and O–H groups in total. The molecule has 6 heteroatoms. The van der Waals surface area contributed by atoms with Crippen LogP contribution in [0.15, 0.2) is 34.9 Å². The molecule has 0 radical (unpaired) electrons. The molecule has 0 unspecified atom stereocenters. The van der Waals surface area contributed by atoms with Crippen molar-refractivity contribution in [3.63, 3.8) is 0 Å². The Morgan fingerprint density at radius 2 is 2.11 bits per heavy atom. The average molecular weight is 360 g/mol. The first-order valence-corrected chi connectivity index (χ1v) is 6.91. The predicted molar refractivity (Wildman–Crippen MR) is 81.1 cm³/mol. The number of benzene rings is 1. The Labute approximate surface area is 129 Å². The molecule has 0 aliphatic carbocycles. The van der Waals surface area contributed by atoms with Crippen LogP contribution in [0.5, 0.6) is 0 Å². The molecule has 0 saturated heterocycles. The number of pyridine rings is 1. The molecule has 19 heavy (non-hydrogen) atoms. The van der Waals surface area contributed by atoms with Gasteiger partial charge in [0.05, 0.1) is 15.6 Å². The molecular formula is C13H9BrCl2N2O. The largest absolute Gasteiger partial charge is 0.306 e. The van der Waals surface area contributed by atoms with E-state index in [4.69, 9.17) is 23.2 Å². The van der Waals surface area contributed by atoms with Crippen molar-refractivity contribution in [3.05, 3.63) is 56.1 Å². The quantitative estimate of drug-likeness (QED) is 0.843. The first-order valence-electron chi connectivity index (χ1n) is 5.36. The number of nitrogens with zero attached hydrogens (tertiary/aromatic N) is 1. The minimum absolute atomic E-state index is 0.233. The number of amides is 1. The normalized spacial score (nSPS) is 10.3. The van der Waals surface area contributed by atoms with Crippen LogP contribution in [0.25, 0.3) is 0 Å². The Hall–Kier alpha value is -1.10. The molecular weight excluding hydrogens is 351 g/mol. The first kappa shape index (κ1) is 14.3. The van der Waals surface area contributed by atoms with Crippen molar-refractivity contribution < 1.29 is 4.79 Å². The number of hydrogen-bond donors (Lipinski definition) is 1. The second-order valence-electron chi connectivity index (χ2n) is 3.87. The van der Waals surface area contributed by atoms with Crippen molar-refractivity contribution in [2.24, 2.45) is 0 Å². The van der Waals surface area contributed by atoms with Crippen molar-refractivity contribution >= 4 is 50.9 Å². The Balaban J connectivity index is 2.28. The molecule has 1 heterocycles. The molecule has 0 spiro atoms. The SMILES string of the molecule is Cc1cc(Br)cnc1NC(=O)c1cccc(Cl)c1Cl. The van der Waals surface area contributed by atoms with Crippen molar-refractivity contribution in [3.8, 4) is 0 Å². The number of carbonyl (C=O) groups excluding carboxylic acids is 1. The van der Waals surface area contributed by atoms with Gasteiger partial charge in [0.15, 0.2) is 0 Å². The van der Waals surface area contributed by atoms with E-state index in [-0.39, 0.29) is 10.9 Å². The number of hydrogen-bond acceptors (Lipinski definition) is 2. The smallest absolute Gasteiger partial charge is 0.258 e. The van der Waals surface area contributed by atoms with Gasteiger partial charge >= 0.3 is 0 Å². The van der Waals surface area contributed by atoms with E-state index in [0.717, 1.165) is 10.0 Å². The van der Waals surface area contributed by atoms with Crippen molar-refractivity contribution in [2.75, 3.05) is 5.32 Å². The third-order valence-electron chi connectivity index (χ3n) is 2.47. The van der Waals surface area contributed by atoms with E-state index >= 15 is 0 Å². The zero-order valence-electron chi connectivity index (χ0n) is 9.88. The van der Waals surface area contributed by atoms with Gasteiger partial charge in [-0.25, -0.2) is 4.98 Å². The second kappa shape index (κ2) is 5.90. The van der Waals surface area contributed by atoms with Crippen LogP contribution in [0.1, 0.15) is 15.9 Å². The Kier molecular flexibility index (Phi) is 4.45. The third-order valence-corrected chi connectivity index (χ3v) is 3.73. The summed E-state index contributed by atoms with van der Waals surface area (Å²) in [5.74, 6) is 0.148. The van der Waals surface area contributed by atoms with Crippen LogP contribution in [0, 0.1) is 6.92 Å². The minimum atomic E-state index is -0.342. The summed E-state index contributed by atoms with van der Waals surface area (Å²) in [6.07, 6.45) is 1.61. The highest BCUT2D eigenvalue weighted by atomic mass is 79.9. The lowest BCUT2D eigenvalue weighted by molar-refractivity contribution is 0.102. The topological polar surface area (TPSA) is 42.0 Å². The monoisotopic (exact) mass is 358 g/mol. The van der Waals surface area contributed by atoms with Crippen molar-refractivity contribution in [1.82, 2.24) is 4.98 Å². The van der Waals surface area contributed by atoms with Crippen molar-refractivity contribution in [1.29, 1.82) is 0 Å². The number of aryl methyl sites for hydroxylation is 1. The highest BCUT2D eigenvalue weighted by Gasteiger charge is 2.14. The van der Waals surface area contributed by atoms with Gasteiger partial charge in [0.25, 0.3) is 5.91 Å². The van der Waals surface area contributed by atoms with E-state index in [1.807, 2.05) is 13.0 Å². The van der Waals surface area contributed by atoms with Gasteiger partial charge in [-0.05, 0) is 46.6 Å². The number of aromatic nitrogens is 1. The van der Waals surface area contributed by atoms with Crippen LogP contribution in [-0.4, -0.2) is 10.9 Å². The molecule has 1 aromatic carbocycles. The van der Waals surface area contributed by atoms with E-state index < -0.39 is 0 Å². The van der Waals surface area contributed by atoms with E-state index in [9.17, 15) is 4.79 Å². The Morgan fingerprint density at radius 3 is 2.79 bits per heavy atom. The van der Waals surface area contributed by atoms with Gasteiger partial charge in [-0.3, -0.25) is 4.79 Å². The van der Waals surface area contributed by atoms with Crippen LogP contribution >= 0.6 is 39.1 Å². The van der Waals surface area contributed by atoms with Crippen LogP contribution in [0.4, 0.5) is 5.82 Å². The molecule has 1 aromatic heterocycles. The van der Waals surface area contributed by atoms with Gasteiger partial charge in [-0.1, -0.05) is 29.3 Å². The highest BCUT2D eigenvalue weighted by Crippen LogP contribution is 2.26. The fourth-order valence-electron chi connectivity index (χ4n) is 1.53. The summed E-state index contributed by atoms with van der Waals surface area (Å²) in [5, 5.41) is 3.28. The molecule has 98 valence electrons. The van der Waals surface area contributed by atoms with E-state index in [1.165, 1.54) is 0 Å². The molecule has 0 bridgehead atoms. The maximum absolute atomic E-state index is 12.1. The lowest BCUT2D eigenvalue weighted by atomic mass is 10.2. The minimum Gasteiger partial charge on any atom is -0.306 e. The van der Waals surface area contributed by atoms with Gasteiger partial charge in [0.2, 0.25) is 0 Å². The zero-order valence-corrected chi connectivity index (χ0v) is 13.0. The lowest BCUT2D eigenvalue weighted by Crippen LogP contribution is -2.14. The number of anilines is 1. The number of nitrogens with one attached hydrogen (secondary N) is 1. The summed E-state index contributed by atoms with van der Waals surface area (Å²) < 4.78 is 0.851. The fraction of sp³-hybridized carbons (Fsp3) is 0.0769. The molecule has 0 aliphatic rings. The first-order chi connectivity index (χ1) is 8.99. The van der Waals surface area contributed by atoms with Gasteiger partial charge < -0.3 is 5.32 Å². The molecule has 2 aromatic rings. The van der Waals surface area contributed by atoms with E-state index in [2.05, 4.69) is 26.2 Å². The number of rotatable bonds is 2. The molecule has 0 saturated carbocycles. The van der Waals surface area contributed by atoms with Crippen LogP contribution in [0.3, 0.4) is 0 Å². The lowest BCUT2D eigenvalue weighted by Gasteiger charge is -2.09. The third kappa shape index (κ3) is 3.26. The molecule has 1 amide bonds. The maximum atomic E-state index is 12.1. The average Bonchev–Trinajstić information content (AvgIpc) is 2.36. The van der Waals surface area contributed by atoms with Crippen molar-refractivity contribution in [2.45, 2.75) is 6.92 Å². The number of halogens is 3. The summed E-state index contributed by atoms with van der Waals surface area (Å²) in [7, 11) is 0. The fourth-order valence-corrected chi connectivity index (χ4v) is 2.36. The van der Waals surface area contributed by atoms with Crippen LogP contribution in [0.2, 0.25) is 10.0 Å². The summed E-state index contributed by atoms with van der Waals surface area (Å²) in [6, 6.07) is 6.77. The van der Waals surface area contributed by atoms with E-state index in [1.54, 1.807) is 24.4 Å². The van der Waals surface area contributed by atoms with Gasteiger partial charge in [-0.15, -0.1) is 0 Å². The summed E-state index contributed by atoms with van der Waals surface area (Å²) >= 11 is 15.2. The van der Waals surface area contributed by atoms with Gasteiger partial charge in [0, 0.05) is 10.7 Å². The summed E-state index contributed by atoms with van der Waals surface area (Å²) in [6.45, 7) is 1.85. The zero-order chi connectivity index (χ0) is 14.0. The summed E-state index contributed by atoms with van der Waals surface area (Å²) in [4.78, 5) is 16.3. The Bertz CT molecular complexity index is 647. The highest BCUT2D eigenvalue weighted by molar-refractivity contribution is 9.10. The van der Waals surface area contributed by atoms with Crippen LogP contribution < -0.4 is 5.32 Å². The number of carbonyl (C=O) groups is 1. The predicted octanol–water partition coefficient (Wildman–Crippen LogP) is 4.71. The second-order valence-corrected chi connectivity index (χ2v) is 5.58. The standard InChI is InChI=1S/C13H9BrCl2N2O/c1-7-5-8(14)6-17-12(7)18-13(19)9-3-2-4-10(15)11(9)16/h2-6H,1H3,(H,17,18,19). The Morgan fingerprint density at radius 1 is 1.37 bits per heavy atom. The molecule has 2 rings (SSSR count). The maximum Gasteiger partial charge on any atom is 0.258 e. The molecule has 3 nitrogen and oxygen atoms in total. The molecule has 0 atom stereocenters. The van der Waals surface area contributed by atoms with Crippen LogP contribution in [-0.2, 0) is 0 Å². The molecule has 0 aliphatic heterocycles. The van der Waals surface area contributed by atoms with E-state index in [0.29, 0.717) is 16.4 Å².